The van der Waals surface area contributed by atoms with Crippen LogP contribution in [-0.2, 0) is 6.54 Å². The predicted molar refractivity (Wildman–Crippen MR) is 77.3 cm³/mol. The molecule has 2 heterocycles. The van der Waals surface area contributed by atoms with E-state index >= 15 is 0 Å². The number of nitrogens with one attached hydrogen (secondary N) is 1. The van der Waals surface area contributed by atoms with Crippen LogP contribution in [0.4, 0.5) is 0 Å². The van der Waals surface area contributed by atoms with Crippen molar-refractivity contribution >= 4 is 21.8 Å². The maximum atomic E-state index is 11.7. The average molecular weight is 348 g/mol. The second kappa shape index (κ2) is 5.92. The molecule has 3 aromatic rings. The number of aromatic nitrogens is 2. The van der Waals surface area contributed by atoms with Gasteiger partial charge in [0.25, 0.3) is 5.91 Å². The molecular weight excluding hydrogens is 338 g/mol. The van der Waals surface area contributed by atoms with Crippen LogP contribution in [0.25, 0.3) is 11.4 Å². The average Bonchev–Trinajstić information content (AvgIpc) is 3.17. The summed E-state index contributed by atoms with van der Waals surface area (Å²) in [5.41, 5.74) is 0.838. The molecule has 0 aliphatic rings. The van der Waals surface area contributed by atoms with Crippen molar-refractivity contribution in [2.45, 2.75) is 6.54 Å². The van der Waals surface area contributed by atoms with Crippen molar-refractivity contribution in [1.29, 1.82) is 0 Å². The third kappa shape index (κ3) is 3.19. The maximum Gasteiger partial charge on any atom is 0.287 e. The van der Waals surface area contributed by atoms with Gasteiger partial charge in [-0.25, -0.2) is 0 Å². The largest absolute Gasteiger partial charge is 0.459 e. The summed E-state index contributed by atoms with van der Waals surface area (Å²) in [6.07, 6.45) is 1.44. The van der Waals surface area contributed by atoms with E-state index in [0.29, 0.717) is 11.7 Å². The van der Waals surface area contributed by atoms with Gasteiger partial charge in [0.2, 0.25) is 11.7 Å². The Morgan fingerprint density at radius 3 is 2.76 bits per heavy atom. The van der Waals surface area contributed by atoms with Gasteiger partial charge in [-0.2, -0.15) is 4.98 Å². The van der Waals surface area contributed by atoms with Gasteiger partial charge in [-0.3, -0.25) is 4.79 Å². The third-order valence-electron chi connectivity index (χ3n) is 2.72. The summed E-state index contributed by atoms with van der Waals surface area (Å²) in [7, 11) is 0. The third-order valence-corrected chi connectivity index (χ3v) is 3.24. The molecule has 0 saturated heterocycles. The highest BCUT2D eigenvalue weighted by Crippen LogP contribution is 2.18. The first-order valence-corrected chi connectivity index (χ1v) is 6.92. The molecule has 0 saturated carbocycles. The fraction of sp³-hybridized carbons (Fsp3) is 0.0714. The number of amides is 1. The number of carbonyl (C=O) groups is 1. The SMILES string of the molecule is O=C(NCc1nc(-c2ccc(Br)cc2)no1)c1ccco1. The van der Waals surface area contributed by atoms with E-state index in [0.717, 1.165) is 10.0 Å². The number of rotatable bonds is 4. The zero-order chi connectivity index (χ0) is 14.7. The van der Waals surface area contributed by atoms with E-state index in [2.05, 4.69) is 31.4 Å². The van der Waals surface area contributed by atoms with Crippen molar-refractivity contribution in [1.82, 2.24) is 15.5 Å². The summed E-state index contributed by atoms with van der Waals surface area (Å²) >= 11 is 3.36. The fourth-order valence-corrected chi connectivity index (χ4v) is 1.96. The first-order chi connectivity index (χ1) is 10.2. The molecule has 6 nitrogen and oxygen atoms in total. The topological polar surface area (TPSA) is 81.2 Å². The quantitative estimate of drug-likeness (QED) is 0.784. The minimum atomic E-state index is -0.330. The minimum Gasteiger partial charge on any atom is -0.459 e. The summed E-state index contributed by atoms with van der Waals surface area (Å²) in [6, 6.07) is 10.8. The van der Waals surface area contributed by atoms with Crippen molar-refractivity contribution in [3.63, 3.8) is 0 Å². The highest BCUT2D eigenvalue weighted by molar-refractivity contribution is 9.10. The first kappa shape index (κ1) is 13.6. The normalized spacial score (nSPS) is 10.5. The van der Waals surface area contributed by atoms with E-state index in [1.54, 1.807) is 12.1 Å². The molecular formula is C14H10BrN3O3. The Kier molecular flexibility index (Phi) is 3.83. The lowest BCUT2D eigenvalue weighted by Crippen LogP contribution is -2.22. The van der Waals surface area contributed by atoms with Crippen molar-refractivity contribution in [2.24, 2.45) is 0 Å². The van der Waals surface area contributed by atoms with Crippen LogP contribution in [0.1, 0.15) is 16.4 Å². The van der Waals surface area contributed by atoms with Crippen LogP contribution in [0.5, 0.6) is 0 Å². The van der Waals surface area contributed by atoms with E-state index in [-0.39, 0.29) is 18.2 Å². The molecule has 0 fully saturated rings. The van der Waals surface area contributed by atoms with Crippen LogP contribution in [0.2, 0.25) is 0 Å². The van der Waals surface area contributed by atoms with Gasteiger partial charge in [0, 0.05) is 10.0 Å². The van der Waals surface area contributed by atoms with E-state index in [4.69, 9.17) is 8.94 Å². The molecule has 2 aromatic heterocycles. The van der Waals surface area contributed by atoms with Crippen LogP contribution in [0.15, 0.2) is 56.1 Å². The molecule has 3 rings (SSSR count). The van der Waals surface area contributed by atoms with Gasteiger partial charge >= 0.3 is 0 Å². The molecule has 106 valence electrons. The standard InChI is InChI=1S/C14H10BrN3O3/c15-10-5-3-9(4-6-10)13-17-12(21-18-13)8-16-14(19)11-2-1-7-20-11/h1-7H,8H2,(H,16,19). The summed E-state index contributed by atoms with van der Waals surface area (Å²) in [5.74, 6) is 0.712. The smallest absolute Gasteiger partial charge is 0.287 e. The molecule has 21 heavy (non-hydrogen) atoms. The lowest BCUT2D eigenvalue weighted by atomic mass is 10.2. The van der Waals surface area contributed by atoms with Crippen LogP contribution in [0.3, 0.4) is 0 Å². The number of hydrogen-bond acceptors (Lipinski definition) is 5. The zero-order valence-corrected chi connectivity index (χ0v) is 12.3. The Balaban J connectivity index is 1.65. The van der Waals surface area contributed by atoms with Crippen molar-refractivity contribution in [2.75, 3.05) is 0 Å². The highest BCUT2D eigenvalue weighted by atomic mass is 79.9. The van der Waals surface area contributed by atoms with Crippen molar-refractivity contribution < 1.29 is 13.7 Å². The molecule has 0 radical (unpaired) electrons. The number of halogens is 1. The van der Waals surface area contributed by atoms with E-state index in [1.807, 2.05) is 24.3 Å². The Morgan fingerprint density at radius 2 is 2.05 bits per heavy atom. The molecule has 0 aliphatic carbocycles. The molecule has 0 atom stereocenters. The molecule has 7 heteroatoms. The van der Waals surface area contributed by atoms with Gasteiger partial charge in [-0.05, 0) is 36.4 Å². The van der Waals surface area contributed by atoms with Gasteiger partial charge in [0.1, 0.15) is 0 Å². The van der Waals surface area contributed by atoms with Crippen molar-refractivity contribution in [3.05, 3.63) is 58.8 Å². The Morgan fingerprint density at radius 1 is 1.24 bits per heavy atom. The molecule has 0 unspecified atom stereocenters. The zero-order valence-electron chi connectivity index (χ0n) is 10.7. The lowest BCUT2D eigenvalue weighted by molar-refractivity contribution is 0.0918. The Hall–Kier alpha value is -2.41. The van der Waals surface area contributed by atoms with Crippen LogP contribution in [0, 0.1) is 0 Å². The molecule has 1 N–H and O–H groups in total. The molecule has 1 amide bonds. The second-order valence-electron chi connectivity index (χ2n) is 4.18. The number of carbonyl (C=O) groups excluding carboxylic acids is 1. The van der Waals surface area contributed by atoms with Crippen LogP contribution >= 0.6 is 15.9 Å². The maximum absolute atomic E-state index is 11.7. The van der Waals surface area contributed by atoms with Crippen molar-refractivity contribution in [3.8, 4) is 11.4 Å². The van der Waals surface area contributed by atoms with Gasteiger partial charge in [-0.15, -0.1) is 0 Å². The molecule has 0 bridgehead atoms. The fourth-order valence-electron chi connectivity index (χ4n) is 1.69. The van der Waals surface area contributed by atoms with Gasteiger partial charge in [-0.1, -0.05) is 21.1 Å². The molecule has 0 spiro atoms. The minimum absolute atomic E-state index is 0.142. The van der Waals surface area contributed by atoms with Crippen LogP contribution < -0.4 is 5.32 Å². The Bertz CT molecular complexity index is 735. The van der Waals surface area contributed by atoms with Gasteiger partial charge in [0.05, 0.1) is 12.8 Å². The number of nitrogens with zero attached hydrogens (tertiary/aromatic N) is 2. The van der Waals surface area contributed by atoms with Gasteiger partial charge < -0.3 is 14.3 Å². The van der Waals surface area contributed by atoms with E-state index in [1.165, 1.54) is 6.26 Å². The second-order valence-corrected chi connectivity index (χ2v) is 5.09. The first-order valence-electron chi connectivity index (χ1n) is 6.12. The van der Waals surface area contributed by atoms with Gasteiger partial charge in [0.15, 0.2) is 5.76 Å². The highest BCUT2D eigenvalue weighted by Gasteiger charge is 2.12. The Labute approximate surface area is 128 Å². The summed E-state index contributed by atoms with van der Waals surface area (Å²) in [6.45, 7) is 0.142. The van der Waals surface area contributed by atoms with Crippen LogP contribution in [-0.4, -0.2) is 16.0 Å². The molecule has 1 aromatic carbocycles. The van der Waals surface area contributed by atoms with E-state index in [9.17, 15) is 4.79 Å². The summed E-state index contributed by atoms with van der Waals surface area (Å²) in [5, 5.41) is 6.52. The number of furan rings is 1. The summed E-state index contributed by atoms with van der Waals surface area (Å²) < 4.78 is 11.1. The lowest BCUT2D eigenvalue weighted by Gasteiger charge is -1.97. The van der Waals surface area contributed by atoms with E-state index < -0.39 is 0 Å². The predicted octanol–water partition coefficient (Wildman–Crippen LogP) is 3.02. The molecule has 0 aliphatic heterocycles. The number of benzene rings is 1. The number of hydrogen-bond donors (Lipinski definition) is 1. The summed E-state index contributed by atoms with van der Waals surface area (Å²) in [4.78, 5) is 15.9. The monoisotopic (exact) mass is 347 g/mol.